The Hall–Kier alpha value is -2.54. The molecule has 0 amide bonds. The van der Waals surface area contributed by atoms with Crippen LogP contribution in [0.2, 0.25) is 5.15 Å². The molecule has 8 heteroatoms. The van der Waals surface area contributed by atoms with Gasteiger partial charge in [-0.2, -0.15) is 0 Å². The van der Waals surface area contributed by atoms with Gasteiger partial charge in [-0.1, -0.05) is 23.7 Å². The van der Waals surface area contributed by atoms with Crippen LogP contribution >= 0.6 is 11.6 Å². The maximum Gasteiger partial charge on any atom is 0.323 e. The van der Waals surface area contributed by atoms with E-state index < -0.39 is 18.1 Å². The van der Waals surface area contributed by atoms with Crippen molar-refractivity contribution in [3.05, 3.63) is 39.8 Å². The van der Waals surface area contributed by atoms with Crippen molar-refractivity contribution < 1.29 is 9.90 Å². The number of nitrogen functional groups attached to an aromatic ring is 1. The second kappa shape index (κ2) is 6.48. The Bertz CT molecular complexity index is 773. The number of carbonyl (C=O) groups is 1. The number of aliphatic carboxylic acids is 1. The molecule has 1 aromatic carbocycles. The SMILES string of the molecule is CCNc1nc(Cl)c(-c2cccc(N)c2)n(CC(=O)O)c1=O. The summed E-state index contributed by atoms with van der Waals surface area (Å²) in [6, 6.07) is 6.66. The first kappa shape index (κ1) is 15.8. The van der Waals surface area contributed by atoms with E-state index >= 15 is 0 Å². The molecule has 116 valence electrons. The lowest BCUT2D eigenvalue weighted by Gasteiger charge is -2.15. The molecule has 0 atom stereocenters. The maximum atomic E-state index is 12.4. The number of anilines is 2. The number of benzene rings is 1. The van der Waals surface area contributed by atoms with Gasteiger partial charge in [-0.25, -0.2) is 4.98 Å². The van der Waals surface area contributed by atoms with Gasteiger partial charge >= 0.3 is 5.97 Å². The van der Waals surface area contributed by atoms with E-state index in [1.807, 2.05) is 0 Å². The Balaban J connectivity index is 2.74. The van der Waals surface area contributed by atoms with E-state index in [2.05, 4.69) is 10.3 Å². The smallest absolute Gasteiger partial charge is 0.323 e. The highest BCUT2D eigenvalue weighted by molar-refractivity contribution is 6.32. The average molecular weight is 323 g/mol. The number of rotatable bonds is 5. The number of carboxylic acid groups (broad SMARTS) is 1. The van der Waals surface area contributed by atoms with Crippen LogP contribution in [0.5, 0.6) is 0 Å². The molecule has 1 aromatic heterocycles. The number of halogens is 1. The van der Waals surface area contributed by atoms with E-state index in [1.54, 1.807) is 31.2 Å². The van der Waals surface area contributed by atoms with Crippen LogP contribution in [0.15, 0.2) is 29.1 Å². The molecule has 0 spiro atoms. The van der Waals surface area contributed by atoms with Crippen molar-refractivity contribution in [3.8, 4) is 11.3 Å². The molecule has 0 bridgehead atoms. The first-order chi connectivity index (χ1) is 10.4. The predicted octanol–water partition coefficient (Wildman–Crippen LogP) is 1.66. The van der Waals surface area contributed by atoms with Crippen molar-refractivity contribution in [1.29, 1.82) is 0 Å². The van der Waals surface area contributed by atoms with Crippen molar-refractivity contribution in [2.24, 2.45) is 0 Å². The molecule has 2 rings (SSSR count). The van der Waals surface area contributed by atoms with Gasteiger partial charge in [-0.3, -0.25) is 14.2 Å². The second-order valence-corrected chi connectivity index (χ2v) is 4.90. The molecule has 0 unspecified atom stereocenters. The van der Waals surface area contributed by atoms with Gasteiger partial charge in [0.2, 0.25) is 0 Å². The first-order valence-electron chi connectivity index (χ1n) is 6.56. The third-order valence-corrected chi connectivity index (χ3v) is 3.18. The average Bonchev–Trinajstić information content (AvgIpc) is 2.44. The van der Waals surface area contributed by atoms with Crippen molar-refractivity contribution >= 4 is 29.1 Å². The molecule has 7 nitrogen and oxygen atoms in total. The highest BCUT2D eigenvalue weighted by Crippen LogP contribution is 2.27. The molecular weight excluding hydrogens is 308 g/mol. The largest absolute Gasteiger partial charge is 0.480 e. The van der Waals surface area contributed by atoms with Gasteiger partial charge in [-0.05, 0) is 19.1 Å². The minimum atomic E-state index is -1.16. The standard InChI is InChI=1S/C14H15ClN4O3/c1-2-17-13-14(22)19(7-10(20)21)11(12(15)18-13)8-4-3-5-9(16)6-8/h3-6H,2,7,16H2,1H3,(H,17,18)(H,20,21). The number of carboxylic acids is 1. The molecular formula is C14H15ClN4O3. The quantitative estimate of drug-likeness (QED) is 0.722. The summed E-state index contributed by atoms with van der Waals surface area (Å²) in [4.78, 5) is 27.5. The second-order valence-electron chi connectivity index (χ2n) is 4.54. The van der Waals surface area contributed by atoms with Gasteiger partial charge in [0.25, 0.3) is 5.56 Å². The van der Waals surface area contributed by atoms with Gasteiger partial charge in [0.05, 0.1) is 5.69 Å². The fourth-order valence-electron chi connectivity index (χ4n) is 2.07. The highest BCUT2D eigenvalue weighted by atomic mass is 35.5. The van der Waals surface area contributed by atoms with Crippen molar-refractivity contribution in [1.82, 2.24) is 9.55 Å². The maximum absolute atomic E-state index is 12.4. The summed E-state index contributed by atoms with van der Waals surface area (Å²) in [6.07, 6.45) is 0. The van der Waals surface area contributed by atoms with Gasteiger partial charge in [0.1, 0.15) is 6.54 Å². The number of nitrogens with one attached hydrogen (secondary N) is 1. The fraction of sp³-hybridized carbons (Fsp3) is 0.214. The van der Waals surface area contributed by atoms with E-state index in [4.69, 9.17) is 22.4 Å². The number of aromatic nitrogens is 2. The monoisotopic (exact) mass is 322 g/mol. The summed E-state index contributed by atoms with van der Waals surface area (Å²) in [6.45, 7) is 1.73. The normalized spacial score (nSPS) is 10.5. The van der Waals surface area contributed by atoms with Gasteiger partial charge in [0, 0.05) is 17.8 Å². The minimum absolute atomic E-state index is 0.0152. The third kappa shape index (κ3) is 3.20. The summed E-state index contributed by atoms with van der Waals surface area (Å²) in [5, 5.41) is 11.9. The Morgan fingerprint density at radius 2 is 2.23 bits per heavy atom. The Morgan fingerprint density at radius 3 is 2.82 bits per heavy atom. The van der Waals surface area contributed by atoms with E-state index in [9.17, 15) is 9.59 Å². The molecule has 0 saturated heterocycles. The lowest BCUT2D eigenvalue weighted by molar-refractivity contribution is -0.137. The van der Waals surface area contributed by atoms with Gasteiger partial charge in [0.15, 0.2) is 11.0 Å². The zero-order valence-electron chi connectivity index (χ0n) is 11.8. The molecule has 0 aliphatic carbocycles. The Kier molecular flexibility index (Phi) is 4.67. The fourth-order valence-corrected chi connectivity index (χ4v) is 2.36. The molecule has 4 N–H and O–H groups in total. The highest BCUT2D eigenvalue weighted by Gasteiger charge is 2.18. The molecule has 1 heterocycles. The summed E-state index contributed by atoms with van der Waals surface area (Å²) in [5.74, 6) is -1.14. The van der Waals surface area contributed by atoms with Crippen LogP contribution in [0.1, 0.15) is 6.92 Å². The minimum Gasteiger partial charge on any atom is -0.480 e. The summed E-state index contributed by atoms with van der Waals surface area (Å²) in [5.41, 5.74) is 6.41. The Morgan fingerprint density at radius 1 is 1.50 bits per heavy atom. The molecule has 2 aromatic rings. The topological polar surface area (TPSA) is 110 Å². The zero-order valence-corrected chi connectivity index (χ0v) is 12.6. The number of nitrogens with two attached hydrogens (primary N) is 1. The Labute approximate surface area is 131 Å². The van der Waals surface area contributed by atoms with Crippen molar-refractivity contribution in [2.45, 2.75) is 13.5 Å². The lowest BCUT2D eigenvalue weighted by atomic mass is 10.1. The van der Waals surface area contributed by atoms with E-state index in [1.165, 1.54) is 0 Å². The van der Waals surface area contributed by atoms with Crippen LogP contribution in [0, 0.1) is 0 Å². The van der Waals surface area contributed by atoms with Crippen molar-refractivity contribution in [2.75, 3.05) is 17.6 Å². The van der Waals surface area contributed by atoms with Crippen LogP contribution in [0.25, 0.3) is 11.3 Å². The molecule has 0 radical (unpaired) electrons. The molecule has 0 saturated carbocycles. The summed E-state index contributed by atoms with van der Waals surface area (Å²) >= 11 is 6.17. The van der Waals surface area contributed by atoms with Crippen LogP contribution in [0.3, 0.4) is 0 Å². The van der Waals surface area contributed by atoms with E-state index in [0.717, 1.165) is 4.57 Å². The third-order valence-electron chi connectivity index (χ3n) is 2.92. The summed E-state index contributed by atoms with van der Waals surface area (Å²) in [7, 11) is 0. The van der Waals surface area contributed by atoms with Crippen LogP contribution in [0.4, 0.5) is 11.5 Å². The van der Waals surface area contributed by atoms with Gasteiger partial charge < -0.3 is 16.2 Å². The molecule has 0 aliphatic heterocycles. The van der Waals surface area contributed by atoms with E-state index in [0.29, 0.717) is 17.8 Å². The van der Waals surface area contributed by atoms with Gasteiger partial charge in [-0.15, -0.1) is 0 Å². The van der Waals surface area contributed by atoms with Crippen LogP contribution in [-0.2, 0) is 11.3 Å². The number of hydrogen-bond donors (Lipinski definition) is 3. The lowest BCUT2D eigenvalue weighted by Crippen LogP contribution is -2.29. The van der Waals surface area contributed by atoms with Crippen molar-refractivity contribution in [3.63, 3.8) is 0 Å². The van der Waals surface area contributed by atoms with Crippen LogP contribution in [-0.4, -0.2) is 27.2 Å². The number of nitrogens with zero attached hydrogens (tertiary/aromatic N) is 2. The molecule has 0 fully saturated rings. The number of hydrogen-bond acceptors (Lipinski definition) is 5. The molecule has 22 heavy (non-hydrogen) atoms. The van der Waals surface area contributed by atoms with E-state index in [-0.39, 0.29) is 16.7 Å². The molecule has 0 aliphatic rings. The zero-order chi connectivity index (χ0) is 16.3. The van der Waals surface area contributed by atoms with Crippen LogP contribution < -0.4 is 16.6 Å². The summed E-state index contributed by atoms with van der Waals surface area (Å²) < 4.78 is 1.07. The predicted molar refractivity (Wildman–Crippen MR) is 85.2 cm³/mol. The first-order valence-corrected chi connectivity index (χ1v) is 6.93.